The number of unbranched alkanes of at least 4 members (excludes halogenated alkanes) is 1. The summed E-state index contributed by atoms with van der Waals surface area (Å²) >= 11 is 0. The number of aromatic carboxylic acids is 1. The van der Waals surface area contributed by atoms with Gasteiger partial charge in [0.1, 0.15) is 0 Å². The van der Waals surface area contributed by atoms with Crippen LogP contribution in [0.25, 0.3) is 10.9 Å². The Hall–Kier alpha value is -1.77. The molecule has 0 saturated carbocycles. The van der Waals surface area contributed by atoms with Crippen LogP contribution in [0.1, 0.15) is 48.2 Å². The molecule has 0 spiro atoms. The van der Waals surface area contributed by atoms with Crippen molar-refractivity contribution in [3.63, 3.8) is 0 Å². The first-order valence-corrected chi connectivity index (χ1v) is 6.92. The number of hydrogen-bond donors (Lipinski definition) is 1. The van der Waals surface area contributed by atoms with Gasteiger partial charge in [0.2, 0.25) is 0 Å². The smallest absolute Gasteiger partial charge is 0.337 e. The summed E-state index contributed by atoms with van der Waals surface area (Å²) in [5, 5.41) is 10.5. The molecule has 1 N–H and O–H groups in total. The van der Waals surface area contributed by atoms with E-state index in [-0.39, 0.29) is 0 Å². The first-order chi connectivity index (χ1) is 9.08. The second-order valence-electron chi connectivity index (χ2n) is 5.07. The quantitative estimate of drug-likeness (QED) is 0.887. The van der Waals surface area contributed by atoms with Crippen molar-refractivity contribution in [2.75, 3.05) is 0 Å². The number of hydrogen-bond acceptors (Lipinski definition) is 1. The lowest BCUT2D eigenvalue weighted by Crippen LogP contribution is -2.01. The monoisotopic (exact) mass is 259 g/mol. The maximum Gasteiger partial charge on any atom is 0.337 e. The molecule has 19 heavy (non-hydrogen) atoms. The third-order valence-corrected chi connectivity index (χ3v) is 3.66. The molecule has 0 aliphatic carbocycles. The van der Waals surface area contributed by atoms with Gasteiger partial charge in [-0.15, -0.1) is 0 Å². The van der Waals surface area contributed by atoms with E-state index >= 15 is 0 Å². The Kier molecular flexibility index (Phi) is 3.93. The molecule has 102 valence electrons. The molecule has 0 radical (unpaired) electrons. The Morgan fingerprint density at radius 3 is 2.63 bits per heavy atom. The molecule has 0 atom stereocenters. The summed E-state index contributed by atoms with van der Waals surface area (Å²) in [5.41, 5.74) is 3.61. The Bertz CT molecular complexity index is 611. The van der Waals surface area contributed by atoms with Crippen molar-refractivity contribution in [1.82, 2.24) is 4.57 Å². The van der Waals surface area contributed by atoms with E-state index in [2.05, 4.69) is 26.1 Å². The lowest BCUT2D eigenvalue weighted by atomic mass is 10.0. The van der Waals surface area contributed by atoms with E-state index in [1.807, 2.05) is 11.6 Å². The Labute approximate surface area is 113 Å². The first-order valence-electron chi connectivity index (χ1n) is 6.92. The fourth-order valence-electron chi connectivity index (χ4n) is 2.62. The Morgan fingerprint density at radius 1 is 1.32 bits per heavy atom. The van der Waals surface area contributed by atoms with E-state index in [0.717, 1.165) is 42.1 Å². The molecule has 0 aliphatic heterocycles. The molecular weight excluding hydrogens is 238 g/mol. The predicted molar refractivity (Wildman–Crippen MR) is 77.9 cm³/mol. The van der Waals surface area contributed by atoms with Crippen LogP contribution in [-0.2, 0) is 19.9 Å². The van der Waals surface area contributed by atoms with E-state index in [9.17, 15) is 9.90 Å². The number of aryl methyl sites for hydroxylation is 3. The molecule has 0 aliphatic rings. The molecule has 2 rings (SSSR count). The van der Waals surface area contributed by atoms with Crippen molar-refractivity contribution < 1.29 is 9.90 Å². The molecule has 0 saturated heterocycles. The molecule has 1 aromatic carbocycles. The predicted octanol–water partition coefficient (Wildman–Crippen LogP) is 3.78. The van der Waals surface area contributed by atoms with Gasteiger partial charge < -0.3 is 9.67 Å². The number of fused-ring (bicyclic) bond motifs is 1. The molecule has 3 nitrogen and oxygen atoms in total. The van der Waals surface area contributed by atoms with Crippen LogP contribution in [0.5, 0.6) is 0 Å². The van der Waals surface area contributed by atoms with Gasteiger partial charge in [0.05, 0.1) is 11.1 Å². The summed E-state index contributed by atoms with van der Waals surface area (Å²) in [6.45, 7) is 4.23. The summed E-state index contributed by atoms with van der Waals surface area (Å²) in [6.07, 6.45) is 6.23. The topological polar surface area (TPSA) is 42.2 Å². The summed E-state index contributed by atoms with van der Waals surface area (Å²) in [4.78, 5) is 11.4. The normalized spacial score (nSPS) is 11.1. The van der Waals surface area contributed by atoms with Crippen LogP contribution in [0.15, 0.2) is 18.3 Å². The number of carbonyl (C=O) groups is 1. The SMILES string of the molecule is CCCCc1cn(C)c2c(C(=O)O)cc(CC)cc12. The van der Waals surface area contributed by atoms with Crippen molar-refractivity contribution in [3.05, 3.63) is 35.0 Å². The number of nitrogens with zero attached hydrogens (tertiary/aromatic N) is 1. The highest BCUT2D eigenvalue weighted by atomic mass is 16.4. The minimum absolute atomic E-state index is 0.416. The van der Waals surface area contributed by atoms with Crippen molar-refractivity contribution >= 4 is 16.9 Å². The third kappa shape index (κ3) is 2.50. The molecule has 2 aromatic rings. The molecule has 0 unspecified atom stereocenters. The van der Waals surface area contributed by atoms with Crippen LogP contribution < -0.4 is 0 Å². The van der Waals surface area contributed by atoms with Gasteiger partial charge in [-0.3, -0.25) is 0 Å². The van der Waals surface area contributed by atoms with Gasteiger partial charge in [0, 0.05) is 18.6 Å². The maximum atomic E-state index is 11.4. The third-order valence-electron chi connectivity index (χ3n) is 3.66. The zero-order valence-corrected chi connectivity index (χ0v) is 11.9. The highest BCUT2D eigenvalue weighted by Gasteiger charge is 2.16. The van der Waals surface area contributed by atoms with E-state index in [0.29, 0.717) is 5.56 Å². The lowest BCUT2D eigenvalue weighted by molar-refractivity contribution is 0.0698. The molecule has 0 bridgehead atoms. The fourth-order valence-corrected chi connectivity index (χ4v) is 2.62. The summed E-state index contributed by atoms with van der Waals surface area (Å²) in [7, 11) is 1.93. The first kappa shape index (κ1) is 13.7. The maximum absolute atomic E-state index is 11.4. The van der Waals surface area contributed by atoms with Crippen molar-refractivity contribution in [2.24, 2.45) is 7.05 Å². The highest BCUT2D eigenvalue weighted by molar-refractivity contribution is 6.03. The number of carboxylic acid groups (broad SMARTS) is 1. The van der Waals surface area contributed by atoms with Gasteiger partial charge in [-0.05, 0) is 42.5 Å². The van der Waals surface area contributed by atoms with Crippen LogP contribution >= 0.6 is 0 Å². The molecule has 0 amide bonds. The summed E-state index contributed by atoms with van der Waals surface area (Å²) in [6, 6.07) is 3.95. The van der Waals surface area contributed by atoms with Crippen molar-refractivity contribution in [2.45, 2.75) is 39.5 Å². The number of aromatic nitrogens is 1. The molecule has 3 heteroatoms. The largest absolute Gasteiger partial charge is 0.478 e. The van der Waals surface area contributed by atoms with E-state index in [1.54, 1.807) is 6.07 Å². The zero-order chi connectivity index (χ0) is 14.0. The standard InChI is InChI=1S/C16H21NO2/c1-4-6-7-12-10-17(3)15-13(12)8-11(5-2)9-14(15)16(18)19/h8-10H,4-7H2,1-3H3,(H,18,19). The van der Waals surface area contributed by atoms with Crippen LogP contribution in [0.3, 0.4) is 0 Å². The number of carboxylic acids is 1. The highest BCUT2D eigenvalue weighted by Crippen LogP contribution is 2.27. The van der Waals surface area contributed by atoms with E-state index in [1.165, 1.54) is 5.56 Å². The van der Waals surface area contributed by atoms with E-state index < -0.39 is 5.97 Å². The minimum Gasteiger partial charge on any atom is -0.478 e. The Balaban J connectivity index is 2.68. The van der Waals surface area contributed by atoms with Gasteiger partial charge in [-0.2, -0.15) is 0 Å². The van der Waals surface area contributed by atoms with Crippen LogP contribution in [0.2, 0.25) is 0 Å². The fraction of sp³-hybridized carbons (Fsp3) is 0.438. The molecule has 1 heterocycles. The molecule has 1 aromatic heterocycles. The van der Waals surface area contributed by atoms with Crippen LogP contribution in [0, 0.1) is 0 Å². The summed E-state index contributed by atoms with van der Waals surface area (Å²) < 4.78 is 1.95. The molecule has 0 fully saturated rings. The van der Waals surface area contributed by atoms with Crippen LogP contribution in [0.4, 0.5) is 0 Å². The van der Waals surface area contributed by atoms with Crippen molar-refractivity contribution in [1.29, 1.82) is 0 Å². The second kappa shape index (κ2) is 5.47. The van der Waals surface area contributed by atoms with Crippen molar-refractivity contribution in [3.8, 4) is 0 Å². The van der Waals surface area contributed by atoms with E-state index in [4.69, 9.17) is 0 Å². The van der Waals surface area contributed by atoms with Gasteiger partial charge >= 0.3 is 5.97 Å². The lowest BCUT2D eigenvalue weighted by Gasteiger charge is -2.06. The van der Waals surface area contributed by atoms with Gasteiger partial charge in [0.25, 0.3) is 0 Å². The zero-order valence-electron chi connectivity index (χ0n) is 11.9. The van der Waals surface area contributed by atoms with Gasteiger partial charge in [-0.25, -0.2) is 4.79 Å². The van der Waals surface area contributed by atoms with Gasteiger partial charge in [0.15, 0.2) is 0 Å². The average Bonchev–Trinajstić information content (AvgIpc) is 2.72. The van der Waals surface area contributed by atoms with Gasteiger partial charge in [-0.1, -0.05) is 20.3 Å². The Morgan fingerprint density at radius 2 is 2.05 bits per heavy atom. The number of benzene rings is 1. The van der Waals surface area contributed by atoms with Crippen LogP contribution in [-0.4, -0.2) is 15.6 Å². The second-order valence-corrected chi connectivity index (χ2v) is 5.07. The number of rotatable bonds is 5. The summed E-state index contributed by atoms with van der Waals surface area (Å²) in [5.74, 6) is -0.844. The average molecular weight is 259 g/mol. The minimum atomic E-state index is -0.844. The molecular formula is C16H21NO2.